The number of nitrogens with zero attached hydrogens (tertiary/aromatic N) is 3. The Balaban J connectivity index is 1.93. The van der Waals surface area contributed by atoms with Crippen molar-refractivity contribution in [3.05, 3.63) is 18.3 Å². The molecule has 2 heterocycles. The Bertz CT molecular complexity index is 358. The number of piperidine rings is 1. The molecule has 0 atom stereocenters. The molecule has 0 spiro atoms. The summed E-state index contributed by atoms with van der Waals surface area (Å²) < 4.78 is 0. The van der Waals surface area contributed by atoms with Crippen LogP contribution >= 0.6 is 0 Å². The molecule has 17 heavy (non-hydrogen) atoms. The van der Waals surface area contributed by atoms with Gasteiger partial charge in [0.1, 0.15) is 5.82 Å². The molecule has 0 bridgehead atoms. The minimum atomic E-state index is 0.628. The predicted molar refractivity (Wildman–Crippen MR) is 72.1 cm³/mol. The molecule has 1 fully saturated rings. The lowest BCUT2D eigenvalue weighted by atomic mass is 9.96. The third-order valence-electron chi connectivity index (χ3n) is 3.60. The topological polar surface area (TPSA) is 45.4 Å². The largest absolute Gasteiger partial charge is 0.382 e. The summed E-state index contributed by atoms with van der Waals surface area (Å²) in [6.07, 6.45) is 4.30. The van der Waals surface area contributed by atoms with Crippen molar-refractivity contribution in [1.82, 2.24) is 9.88 Å². The van der Waals surface area contributed by atoms with E-state index in [0.29, 0.717) is 5.82 Å². The van der Waals surface area contributed by atoms with Crippen molar-refractivity contribution < 1.29 is 0 Å². The maximum atomic E-state index is 5.89. The van der Waals surface area contributed by atoms with Gasteiger partial charge < -0.3 is 15.5 Å². The number of likely N-dealkylation sites (tertiary alicyclic amines) is 1. The number of rotatable bonds is 3. The smallest absolute Gasteiger partial charge is 0.146 e. The fourth-order valence-corrected chi connectivity index (χ4v) is 2.46. The highest BCUT2D eigenvalue weighted by Gasteiger charge is 2.18. The lowest BCUT2D eigenvalue weighted by molar-refractivity contribution is 0.222. The van der Waals surface area contributed by atoms with Crippen LogP contribution in [0.5, 0.6) is 0 Å². The first-order valence-electron chi connectivity index (χ1n) is 6.27. The van der Waals surface area contributed by atoms with E-state index in [2.05, 4.69) is 28.9 Å². The molecule has 0 unspecified atom stereocenters. The second-order valence-electron chi connectivity index (χ2n) is 5.03. The third kappa shape index (κ3) is 3.09. The van der Waals surface area contributed by atoms with Crippen LogP contribution in [0.1, 0.15) is 12.8 Å². The van der Waals surface area contributed by atoms with Gasteiger partial charge >= 0.3 is 0 Å². The Kier molecular flexibility index (Phi) is 3.84. The van der Waals surface area contributed by atoms with E-state index in [1.807, 2.05) is 12.1 Å². The summed E-state index contributed by atoms with van der Waals surface area (Å²) in [5.74, 6) is 1.40. The third-order valence-corrected chi connectivity index (χ3v) is 3.60. The summed E-state index contributed by atoms with van der Waals surface area (Å²) in [6.45, 7) is 3.49. The highest BCUT2D eigenvalue weighted by molar-refractivity contribution is 5.62. The Hall–Kier alpha value is -1.29. The Morgan fingerprint density at radius 2 is 2.18 bits per heavy atom. The molecule has 2 rings (SSSR count). The monoisotopic (exact) mass is 234 g/mol. The van der Waals surface area contributed by atoms with Crippen LogP contribution in [0.3, 0.4) is 0 Å². The first kappa shape index (κ1) is 12.2. The zero-order chi connectivity index (χ0) is 12.3. The van der Waals surface area contributed by atoms with Gasteiger partial charge in [-0.15, -0.1) is 0 Å². The number of pyridine rings is 1. The molecule has 1 aliphatic rings. The van der Waals surface area contributed by atoms with Crippen LogP contribution in [-0.4, -0.2) is 43.6 Å². The van der Waals surface area contributed by atoms with E-state index in [1.54, 1.807) is 6.20 Å². The summed E-state index contributed by atoms with van der Waals surface area (Å²) in [6, 6.07) is 3.98. The highest BCUT2D eigenvalue weighted by atomic mass is 15.1. The van der Waals surface area contributed by atoms with E-state index >= 15 is 0 Å². The van der Waals surface area contributed by atoms with E-state index in [0.717, 1.165) is 18.2 Å². The maximum absolute atomic E-state index is 5.89. The van der Waals surface area contributed by atoms with Crippen molar-refractivity contribution >= 4 is 11.5 Å². The molecule has 1 aliphatic heterocycles. The average Bonchev–Trinajstić information content (AvgIpc) is 2.32. The van der Waals surface area contributed by atoms with Gasteiger partial charge in [0.15, 0.2) is 0 Å². The number of hydrogen-bond donors (Lipinski definition) is 1. The van der Waals surface area contributed by atoms with E-state index < -0.39 is 0 Å². The summed E-state index contributed by atoms with van der Waals surface area (Å²) >= 11 is 0. The fraction of sp³-hybridized carbons (Fsp3) is 0.615. The molecule has 94 valence electrons. The van der Waals surface area contributed by atoms with Gasteiger partial charge in [0, 0.05) is 19.8 Å². The second kappa shape index (κ2) is 5.36. The summed E-state index contributed by atoms with van der Waals surface area (Å²) in [5.41, 5.74) is 6.94. The molecular weight excluding hydrogens is 212 g/mol. The first-order valence-corrected chi connectivity index (χ1v) is 6.27. The number of anilines is 2. The summed E-state index contributed by atoms with van der Waals surface area (Å²) in [7, 11) is 4.30. The van der Waals surface area contributed by atoms with Crippen molar-refractivity contribution in [2.75, 3.05) is 44.4 Å². The number of nitrogens with two attached hydrogens (primary N) is 1. The Labute approximate surface area is 103 Å². The number of hydrogen-bond acceptors (Lipinski definition) is 4. The van der Waals surface area contributed by atoms with Crippen LogP contribution in [0.15, 0.2) is 18.3 Å². The molecule has 0 aromatic carbocycles. The minimum absolute atomic E-state index is 0.628. The quantitative estimate of drug-likeness (QED) is 0.859. The van der Waals surface area contributed by atoms with Crippen LogP contribution < -0.4 is 10.6 Å². The normalized spacial score (nSPS) is 18.2. The van der Waals surface area contributed by atoms with Crippen molar-refractivity contribution in [1.29, 1.82) is 0 Å². The summed E-state index contributed by atoms with van der Waals surface area (Å²) in [5, 5.41) is 0. The Morgan fingerprint density at radius 1 is 1.47 bits per heavy atom. The zero-order valence-electron chi connectivity index (χ0n) is 10.8. The van der Waals surface area contributed by atoms with Gasteiger partial charge in [-0.05, 0) is 51.0 Å². The van der Waals surface area contributed by atoms with Crippen LogP contribution in [0.4, 0.5) is 11.5 Å². The van der Waals surface area contributed by atoms with Crippen LogP contribution in [-0.2, 0) is 0 Å². The molecule has 1 saturated heterocycles. The van der Waals surface area contributed by atoms with Gasteiger partial charge in [-0.3, -0.25) is 0 Å². The highest BCUT2D eigenvalue weighted by Crippen LogP contribution is 2.23. The number of nitrogen functional groups attached to an aromatic ring is 1. The second-order valence-corrected chi connectivity index (χ2v) is 5.03. The molecule has 0 amide bonds. The summed E-state index contributed by atoms with van der Waals surface area (Å²) in [4.78, 5) is 8.77. The van der Waals surface area contributed by atoms with Gasteiger partial charge in [-0.1, -0.05) is 0 Å². The van der Waals surface area contributed by atoms with Crippen molar-refractivity contribution in [2.24, 2.45) is 5.92 Å². The standard InChI is InChI=1S/C13H22N4/c1-16-8-5-11(6-9-16)10-17(2)12-4-3-7-15-13(12)14/h3-4,7,11H,5-6,8-10H2,1-2H3,(H2,14,15). The molecule has 4 heteroatoms. The van der Waals surface area contributed by atoms with Gasteiger partial charge in [0.2, 0.25) is 0 Å². The van der Waals surface area contributed by atoms with E-state index in [4.69, 9.17) is 5.73 Å². The first-order chi connectivity index (χ1) is 8.16. The molecule has 1 aromatic heterocycles. The van der Waals surface area contributed by atoms with Crippen molar-refractivity contribution in [3.8, 4) is 0 Å². The van der Waals surface area contributed by atoms with E-state index in [-0.39, 0.29) is 0 Å². The SMILES string of the molecule is CN1CCC(CN(C)c2cccnc2N)CC1. The molecule has 0 radical (unpaired) electrons. The van der Waals surface area contributed by atoms with E-state index in [9.17, 15) is 0 Å². The van der Waals surface area contributed by atoms with Gasteiger partial charge in [0.25, 0.3) is 0 Å². The zero-order valence-corrected chi connectivity index (χ0v) is 10.8. The van der Waals surface area contributed by atoms with Crippen LogP contribution in [0.2, 0.25) is 0 Å². The molecule has 2 N–H and O–H groups in total. The van der Waals surface area contributed by atoms with E-state index in [1.165, 1.54) is 25.9 Å². The van der Waals surface area contributed by atoms with Gasteiger partial charge in [-0.2, -0.15) is 0 Å². The molecule has 1 aromatic rings. The van der Waals surface area contributed by atoms with Crippen molar-refractivity contribution in [3.63, 3.8) is 0 Å². The molecular formula is C13H22N4. The molecule has 4 nitrogen and oxygen atoms in total. The average molecular weight is 234 g/mol. The van der Waals surface area contributed by atoms with Crippen molar-refractivity contribution in [2.45, 2.75) is 12.8 Å². The van der Waals surface area contributed by atoms with Gasteiger partial charge in [-0.25, -0.2) is 4.98 Å². The minimum Gasteiger partial charge on any atom is -0.382 e. The number of aromatic nitrogens is 1. The Morgan fingerprint density at radius 3 is 2.82 bits per heavy atom. The molecule has 0 saturated carbocycles. The predicted octanol–water partition coefficient (Wildman–Crippen LogP) is 1.44. The maximum Gasteiger partial charge on any atom is 0.146 e. The lowest BCUT2D eigenvalue weighted by Gasteiger charge is -2.32. The lowest BCUT2D eigenvalue weighted by Crippen LogP contribution is -2.35. The van der Waals surface area contributed by atoms with Crippen LogP contribution in [0.25, 0.3) is 0 Å². The van der Waals surface area contributed by atoms with Gasteiger partial charge in [0.05, 0.1) is 5.69 Å². The van der Waals surface area contributed by atoms with Crippen LogP contribution in [0, 0.1) is 5.92 Å². The fourth-order valence-electron chi connectivity index (χ4n) is 2.46. The molecule has 0 aliphatic carbocycles.